The second-order valence-corrected chi connectivity index (χ2v) is 8.96. The molecule has 0 saturated carbocycles. The van der Waals surface area contributed by atoms with Crippen molar-refractivity contribution in [2.75, 3.05) is 48.7 Å². The number of fused-ring (bicyclic) bond motifs is 1. The van der Waals surface area contributed by atoms with E-state index in [0.29, 0.717) is 37.2 Å². The third-order valence-electron chi connectivity index (χ3n) is 4.87. The first kappa shape index (κ1) is 26.0. The normalized spacial score (nSPS) is 13.2. The van der Waals surface area contributed by atoms with E-state index in [-0.39, 0.29) is 36.3 Å². The minimum atomic E-state index is -3.45. The average Bonchev–Trinajstić information content (AvgIpc) is 3.20. The number of aliphatic imine (C=N–C) groups is 1. The van der Waals surface area contributed by atoms with Crippen molar-refractivity contribution in [2.24, 2.45) is 4.99 Å². The minimum Gasteiger partial charge on any atom is -0.493 e. The number of para-hydroxylation sites is 1. The molecule has 0 amide bonds. The van der Waals surface area contributed by atoms with Crippen LogP contribution in [0.25, 0.3) is 0 Å². The molecule has 8 nitrogen and oxygen atoms in total. The Morgan fingerprint density at radius 3 is 2.66 bits per heavy atom. The van der Waals surface area contributed by atoms with Gasteiger partial charge in [-0.15, -0.1) is 24.0 Å². The Morgan fingerprint density at radius 1 is 1.16 bits per heavy atom. The highest BCUT2D eigenvalue weighted by Crippen LogP contribution is 2.31. The number of nitrogens with one attached hydrogen (secondary N) is 2. The zero-order valence-electron chi connectivity index (χ0n) is 18.6. The molecule has 10 heteroatoms. The molecular formula is C22H31IN4O4S. The third-order valence-corrected chi connectivity index (χ3v) is 6.62. The van der Waals surface area contributed by atoms with Gasteiger partial charge in [-0.05, 0) is 44.0 Å². The predicted octanol–water partition coefficient (Wildman–Crippen LogP) is 3.48. The number of sulfonamides is 1. The zero-order valence-corrected chi connectivity index (χ0v) is 21.8. The third kappa shape index (κ3) is 6.41. The number of guanidine groups is 1. The number of hydrogen-bond donors (Lipinski definition) is 2. The van der Waals surface area contributed by atoms with Crippen molar-refractivity contribution in [3.63, 3.8) is 0 Å². The summed E-state index contributed by atoms with van der Waals surface area (Å²) in [7, 11) is -1.86. The molecule has 0 spiro atoms. The van der Waals surface area contributed by atoms with Crippen LogP contribution >= 0.6 is 24.0 Å². The number of benzene rings is 2. The van der Waals surface area contributed by atoms with Crippen molar-refractivity contribution in [1.82, 2.24) is 5.32 Å². The number of anilines is 2. The summed E-state index contributed by atoms with van der Waals surface area (Å²) in [5.41, 5.74) is 2.60. The van der Waals surface area contributed by atoms with Crippen molar-refractivity contribution in [2.45, 2.75) is 20.3 Å². The zero-order chi connectivity index (χ0) is 22.3. The Hall–Kier alpha value is -2.21. The highest BCUT2D eigenvalue weighted by atomic mass is 127. The van der Waals surface area contributed by atoms with E-state index in [9.17, 15) is 8.42 Å². The van der Waals surface area contributed by atoms with Crippen molar-refractivity contribution in [3.8, 4) is 11.5 Å². The number of rotatable bonds is 9. The number of halogens is 1. The molecule has 2 aromatic carbocycles. The van der Waals surface area contributed by atoms with Gasteiger partial charge >= 0.3 is 0 Å². The molecule has 1 aliphatic rings. The van der Waals surface area contributed by atoms with Gasteiger partial charge in [0.2, 0.25) is 10.0 Å². The molecule has 0 unspecified atom stereocenters. The number of methoxy groups -OCH3 is 1. The molecule has 1 aliphatic heterocycles. The average molecular weight is 574 g/mol. The Labute approximate surface area is 207 Å². The predicted molar refractivity (Wildman–Crippen MR) is 140 cm³/mol. The van der Waals surface area contributed by atoms with Gasteiger partial charge in [-0.2, -0.15) is 0 Å². The fourth-order valence-corrected chi connectivity index (χ4v) is 4.83. The Morgan fingerprint density at radius 2 is 1.94 bits per heavy atom. The SMILES string of the molecule is CCNC(=NCCS(=O)(=O)N1CCc2ccccc21)Nc1ccc(OCC)c(OC)c1.I. The summed E-state index contributed by atoms with van der Waals surface area (Å²) >= 11 is 0. The lowest BCUT2D eigenvalue weighted by Gasteiger charge is -2.19. The van der Waals surface area contributed by atoms with Crippen LogP contribution < -0.4 is 24.4 Å². The molecule has 2 N–H and O–H groups in total. The summed E-state index contributed by atoms with van der Waals surface area (Å²) in [5.74, 6) is 1.71. The van der Waals surface area contributed by atoms with Crippen molar-refractivity contribution < 1.29 is 17.9 Å². The maximum absolute atomic E-state index is 12.9. The summed E-state index contributed by atoms with van der Waals surface area (Å²) in [6.07, 6.45) is 0.739. The summed E-state index contributed by atoms with van der Waals surface area (Å²) in [6, 6.07) is 13.1. The van der Waals surface area contributed by atoms with E-state index in [0.717, 1.165) is 23.4 Å². The van der Waals surface area contributed by atoms with Gasteiger partial charge in [0.15, 0.2) is 17.5 Å². The summed E-state index contributed by atoms with van der Waals surface area (Å²) in [4.78, 5) is 4.45. The van der Waals surface area contributed by atoms with Crippen molar-refractivity contribution in [3.05, 3.63) is 48.0 Å². The van der Waals surface area contributed by atoms with E-state index >= 15 is 0 Å². The molecule has 3 rings (SSSR count). The van der Waals surface area contributed by atoms with Crippen LogP contribution in [-0.4, -0.2) is 53.5 Å². The van der Waals surface area contributed by atoms with E-state index in [1.807, 2.05) is 56.3 Å². The smallest absolute Gasteiger partial charge is 0.237 e. The van der Waals surface area contributed by atoms with Crippen molar-refractivity contribution >= 4 is 51.3 Å². The molecule has 1 heterocycles. The van der Waals surface area contributed by atoms with Crippen LogP contribution in [-0.2, 0) is 16.4 Å². The lowest BCUT2D eigenvalue weighted by Crippen LogP contribution is -2.34. The van der Waals surface area contributed by atoms with Crippen LogP contribution in [0.2, 0.25) is 0 Å². The summed E-state index contributed by atoms with van der Waals surface area (Å²) in [5, 5.41) is 6.33. The second kappa shape index (κ2) is 12.1. The van der Waals surface area contributed by atoms with Crippen LogP contribution in [0, 0.1) is 0 Å². The fourth-order valence-electron chi connectivity index (χ4n) is 3.44. The highest BCUT2D eigenvalue weighted by Gasteiger charge is 2.28. The number of hydrogen-bond acceptors (Lipinski definition) is 5. The van der Waals surface area contributed by atoms with E-state index in [1.54, 1.807) is 7.11 Å². The van der Waals surface area contributed by atoms with Crippen LogP contribution in [0.5, 0.6) is 11.5 Å². The first-order chi connectivity index (χ1) is 15.0. The van der Waals surface area contributed by atoms with Gasteiger partial charge in [0, 0.05) is 24.8 Å². The van der Waals surface area contributed by atoms with E-state index in [4.69, 9.17) is 9.47 Å². The molecule has 0 saturated heterocycles. The van der Waals surface area contributed by atoms with Crippen LogP contribution in [0.3, 0.4) is 0 Å². The maximum atomic E-state index is 12.9. The first-order valence-electron chi connectivity index (χ1n) is 10.4. The van der Waals surface area contributed by atoms with Gasteiger partial charge < -0.3 is 20.1 Å². The van der Waals surface area contributed by atoms with Gasteiger partial charge in [-0.3, -0.25) is 9.30 Å². The van der Waals surface area contributed by atoms with E-state index < -0.39 is 10.0 Å². The summed E-state index contributed by atoms with van der Waals surface area (Å²) in [6.45, 7) is 5.68. The molecule has 0 atom stereocenters. The lowest BCUT2D eigenvalue weighted by molar-refractivity contribution is 0.311. The number of ether oxygens (including phenoxy) is 2. The Balaban J connectivity index is 0.00000363. The monoisotopic (exact) mass is 574 g/mol. The molecule has 2 aromatic rings. The van der Waals surface area contributed by atoms with Crippen LogP contribution in [0.1, 0.15) is 19.4 Å². The van der Waals surface area contributed by atoms with Crippen LogP contribution in [0.15, 0.2) is 47.5 Å². The van der Waals surface area contributed by atoms with Crippen LogP contribution in [0.4, 0.5) is 11.4 Å². The van der Waals surface area contributed by atoms with Gasteiger partial charge in [-0.1, -0.05) is 18.2 Å². The molecule has 0 aromatic heterocycles. The standard InChI is InChI=1S/C22H30N4O4S.HI/c1-4-23-22(25-18-10-11-20(30-5-2)21(16-18)29-3)24-13-15-31(27,28)26-14-12-17-8-6-7-9-19(17)26;/h6-11,16H,4-5,12-15H2,1-3H3,(H2,23,24,25);1H. The van der Waals surface area contributed by atoms with E-state index in [2.05, 4.69) is 15.6 Å². The largest absolute Gasteiger partial charge is 0.493 e. The molecule has 0 fully saturated rings. The molecule has 0 bridgehead atoms. The van der Waals surface area contributed by atoms with Gasteiger partial charge in [0.1, 0.15) is 0 Å². The van der Waals surface area contributed by atoms with E-state index in [1.165, 1.54) is 4.31 Å². The topological polar surface area (TPSA) is 92.3 Å². The second-order valence-electron chi connectivity index (χ2n) is 6.95. The molecule has 176 valence electrons. The summed E-state index contributed by atoms with van der Waals surface area (Å²) < 4.78 is 38.1. The Kier molecular flexibility index (Phi) is 9.88. The fraction of sp³-hybridized carbons (Fsp3) is 0.409. The molecule has 32 heavy (non-hydrogen) atoms. The van der Waals surface area contributed by atoms with Gasteiger partial charge in [0.05, 0.1) is 31.7 Å². The maximum Gasteiger partial charge on any atom is 0.237 e. The van der Waals surface area contributed by atoms with Gasteiger partial charge in [-0.25, -0.2) is 8.42 Å². The number of nitrogens with zero attached hydrogens (tertiary/aromatic N) is 2. The molecular weight excluding hydrogens is 543 g/mol. The Bertz CT molecular complexity index is 1030. The van der Waals surface area contributed by atoms with Gasteiger partial charge in [0.25, 0.3) is 0 Å². The minimum absolute atomic E-state index is 0. The quantitative estimate of drug-likeness (QED) is 0.271. The lowest BCUT2D eigenvalue weighted by atomic mass is 10.2. The van der Waals surface area contributed by atoms with Crippen molar-refractivity contribution in [1.29, 1.82) is 0 Å². The molecule has 0 radical (unpaired) electrons. The first-order valence-corrected chi connectivity index (χ1v) is 12.0. The molecule has 0 aliphatic carbocycles. The highest BCUT2D eigenvalue weighted by molar-refractivity contribution is 14.0.